The quantitative estimate of drug-likeness (QED) is 0.732. The molecule has 0 aliphatic heterocycles. The monoisotopic (exact) mass is 250 g/mol. The fourth-order valence-corrected chi connectivity index (χ4v) is 5.64. The molecule has 1 heteroatoms. The van der Waals surface area contributed by atoms with Gasteiger partial charge in [0.15, 0.2) is 0 Å². The zero-order chi connectivity index (χ0) is 13.2. The van der Waals surface area contributed by atoms with E-state index < -0.39 is 0 Å². The van der Waals surface area contributed by atoms with Crippen molar-refractivity contribution in [2.75, 3.05) is 0 Å². The Bertz CT molecular complexity index is 334. The van der Waals surface area contributed by atoms with Crippen LogP contribution in [-0.4, -0.2) is 10.7 Å². The lowest BCUT2D eigenvalue weighted by atomic mass is 9.60. The second-order valence-corrected chi connectivity index (χ2v) is 8.55. The van der Waals surface area contributed by atoms with Crippen molar-refractivity contribution in [3.05, 3.63) is 0 Å². The van der Waals surface area contributed by atoms with Gasteiger partial charge in [0.2, 0.25) is 0 Å². The summed E-state index contributed by atoms with van der Waals surface area (Å²) in [5.41, 5.74) is 0.758. The molecule has 0 aromatic rings. The largest absolute Gasteiger partial charge is 0.390 e. The minimum Gasteiger partial charge on any atom is -0.390 e. The molecule has 0 saturated heterocycles. The Morgan fingerprint density at radius 2 is 1.50 bits per heavy atom. The topological polar surface area (TPSA) is 20.2 Å². The SMILES string of the molecule is CC1(O)CCC([C@H]2C[C@@H]3CC[C@@]2(C)C3(C)C)CC1. The summed E-state index contributed by atoms with van der Waals surface area (Å²) in [7, 11) is 0. The molecule has 3 aliphatic rings. The molecule has 0 unspecified atom stereocenters. The highest BCUT2D eigenvalue weighted by Crippen LogP contribution is 2.70. The molecule has 3 atom stereocenters. The zero-order valence-electron chi connectivity index (χ0n) is 12.6. The lowest BCUT2D eigenvalue weighted by Gasteiger charge is -2.45. The van der Waals surface area contributed by atoms with Crippen LogP contribution in [-0.2, 0) is 0 Å². The van der Waals surface area contributed by atoms with Gasteiger partial charge in [0.25, 0.3) is 0 Å². The van der Waals surface area contributed by atoms with E-state index in [1.54, 1.807) is 0 Å². The molecule has 3 aliphatic carbocycles. The van der Waals surface area contributed by atoms with Crippen molar-refractivity contribution in [3.8, 4) is 0 Å². The van der Waals surface area contributed by atoms with E-state index in [9.17, 15) is 5.11 Å². The fraction of sp³-hybridized carbons (Fsp3) is 1.00. The first-order chi connectivity index (χ1) is 8.26. The molecule has 2 bridgehead atoms. The van der Waals surface area contributed by atoms with Gasteiger partial charge in [0, 0.05) is 0 Å². The molecule has 0 amide bonds. The minimum absolute atomic E-state index is 0.370. The summed E-state index contributed by atoms with van der Waals surface area (Å²) in [4.78, 5) is 0. The Kier molecular flexibility index (Phi) is 2.70. The average molecular weight is 250 g/mol. The lowest BCUT2D eigenvalue weighted by molar-refractivity contribution is -0.0229. The van der Waals surface area contributed by atoms with Crippen LogP contribution in [0.5, 0.6) is 0 Å². The minimum atomic E-state index is -0.370. The van der Waals surface area contributed by atoms with Gasteiger partial charge in [-0.15, -0.1) is 0 Å². The van der Waals surface area contributed by atoms with Crippen molar-refractivity contribution in [1.82, 2.24) is 0 Å². The van der Waals surface area contributed by atoms with E-state index in [1.807, 2.05) is 6.92 Å². The Labute approximate surface area is 112 Å². The molecule has 1 nitrogen and oxygen atoms in total. The van der Waals surface area contributed by atoms with E-state index in [0.29, 0.717) is 10.8 Å². The second kappa shape index (κ2) is 3.75. The van der Waals surface area contributed by atoms with Crippen LogP contribution in [0.2, 0.25) is 0 Å². The predicted octanol–water partition coefficient (Wildman–Crippen LogP) is 4.39. The van der Waals surface area contributed by atoms with Crippen molar-refractivity contribution in [3.63, 3.8) is 0 Å². The van der Waals surface area contributed by atoms with Crippen LogP contribution in [0.25, 0.3) is 0 Å². The van der Waals surface area contributed by atoms with Gasteiger partial charge in [-0.05, 0) is 80.5 Å². The van der Waals surface area contributed by atoms with Crippen LogP contribution in [0.3, 0.4) is 0 Å². The Hall–Kier alpha value is -0.0400. The summed E-state index contributed by atoms with van der Waals surface area (Å²) in [6.07, 6.45) is 8.94. The molecule has 3 fully saturated rings. The standard InChI is InChI=1S/C17H30O/c1-15(2)13-7-10-17(15,4)14(11-13)12-5-8-16(3,18)9-6-12/h12-14,18H,5-11H2,1-4H3/t12?,13-,14+,16?,17+/m0/s1. The van der Waals surface area contributed by atoms with E-state index in [-0.39, 0.29) is 5.60 Å². The molecule has 0 heterocycles. The van der Waals surface area contributed by atoms with E-state index in [4.69, 9.17) is 0 Å². The van der Waals surface area contributed by atoms with E-state index in [2.05, 4.69) is 20.8 Å². The maximum absolute atomic E-state index is 10.1. The van der Waals surface area contributed by atoms with Crippen molar-refractivity contribution in [2.24, 2.45) is 28.6 Å². The molecule has 3 rings (SSSR count). The van der Waals surface area contributed by atoms with E-state index >= 15 is 0 Å². The van der Waals surface area contributed by atoms with Crippen molar-refractivity contribution < 1.29 is 5.11 Å². The summed E-state index contributed by atoms with van der Waals surface area (Å²) < 4.78 is 0. The third-order valence-electron chi connectivity index (χ3n) is 7.54. The van der Waals surface area contributed by atoms with Gasteiger partial charge < -0.3 is 5.11 Å². The van der Waals surface area contributed by atoms with Crippen LogP contribution in [0, 0.1) is 28.6 Å². The van der Waals surface area contributed by atoms with Gasteiger partial charge >= 0.3 is 0 Å². The third-order valence-corrected chi connectivity index (χ3v) is 7.54. The van der Waals surface area contributed by atoms with Crippen molar-refractivity contribution in [1.29, 1.82) is 0 Å². The highest BCUT2D eigenvalue weighted by Gasteiger charge is 2.62. The van der Waals surface area contributed by atoms with Gasteiger partial charge in [-0.25, -0.2) is 0 Å². The molecule has 0 spiro atoms. The van der Waals surface area contributed by atoms with Gasteiger partial charge in [-0.1, -0.05) is 20.8 Å². The first-order valence-electron chi connectivity index (χ1n) is 7.99. The number of rotatable bonds is 1. The maximum Gasteiger partial charge on any atom is 0.0620 e. The molecular formula is C17H30O. The van der Waals surface area contributed by atoms with Gasteiger partial charge in [0.1, 0.15) is 0 Å². The number of fused-ring (bicyclic) bond motifs is 2. The van der Waals surface area contributed by atoms with Crippen LogP contribution >= 0.6 is 0 Å². The Morgan fingerprint density at radius 1 is 0.889 bits per heavy atom. The highest BCUT2D eigenvalue weighted by atomic mass is 16.3. The first kappa shape index (κ1) is 13.0. The Balaban J connectivity index is 1.76. The van der Waals surface area contributed by atoms with Crippen LogP contribution in [0.15, 0.2) is 0 Å². The zero-order valence-corrected chi connectivity index (χ0v) is 12.6. The molecule has 1 N–H and O–H groups in total. The molecule has 0 aromatic carbocycles. The van der Waals surface area contributed by atoms with E-state index in [1.165, 1.54) is 32.1 Å². The molecular weight excluding hydrogens is 220 g/mol. The number of hydrogen-bond acceptors (Lipinski definition) is 1. The summed E-state index contributed by atoms with van der Waals surface area (Å²) in [5.74, 6) is 2.79. The highest BCUT2D eigenvalue weighted by molar-refractivity contribution is 5.11. The summed E-state index contributed by atoms with van der Waals surface area (Å²) in [6.45, 7) is 9.63. The van der Waals surface area contributed by atoms with Crippen LogP contribution in [0.4, 0.5) is 0 Å². The molecule has 104 valence electrons. The predicted molar refractivity (Wildman–Crippen MR) is 75.3 cm³/mol. The van der Waals surface area contributed by atoms with Crippen LogP contribution < -0.4 is 0 Å². The Morgan fingerprint density at radius 3 is 1.94 bits per heavy atom. The lowest BCUT2D eigenvalue weighted by Crippen LogP contribution is -2.39. The summed E-state index contributed by atoms with van der Waals surface area (Å²) >= 11 is 0. The molecule has 0 radical (unpaired) electrons. The summed E-state index contributed by atoms with van der Waals surface area (Å²) in [6, 6.07) is 0. The molecule has 0 aromatic heterocycles. The first-order valence-corrected chi connectivity index (χ1v) is 7.99. The molecule has 3 saturated carbocycles. The summed E-state index contributed by atoms with van der Waals surface area (Å²) in [5, 5.41) is 10.1. The second-order valence-electron chi connectivity index (χ2n) is 8.55. The van der Waals surface area contributed by atoms with Gasteiger partial charge in [-0.2, -0.15) is 0 Å². The average Bonchev–Trinajstić information content (AvgIpc) is 2.61. The fourth-order valence-electron chi connectivity index (χ4n) is 5.64. The normalized spacial score (nSPS) is 54.8. The smallest absolute Gasteiger partial charge is 0.0620 e. The van der Waals surface area contributed by atoms with E-state index in [0.717, 1.165) is 30.6 Å². The molecule has 18 heavy (non-hydrogen) atoms. The number of aliphatic hydroxyl groups is 1. The van der Waals surface area contributed by atoms with Gasteiger partial charge in [-0.3, -0.25) is 0 Å². The maximum atomic E-state index is 10.1. The van der Waals surface area contributed by atoms with Crippen molar-refractivity contribution in [2.45, 2.75) is 78.2 Å². The number of hydrogen-bond donors (Lipinski definition) is 1. The van der Waals surface area contributed by atoms with Gasteiger partial charge in [0.05, 0.1) is 5.60 Å². The van der Waals surface area contributed by atoms with Crippen molar-refractivity contribution >= 4 is 0 Å². The van der Waals surface area contributed by atoms with Crippen LogP contribution in [0.1, 0.15) is 72.6 Å². The third kappa shape index (κ3) is 1.62.